The van der Waals surface area contributed by atoms with Crippen LogP contribution < -0.4 is 10.1 Å². The molecule has 8 nitrogen and oxygen atoms in total. The highest BCUT2D eigenvalue weighted by Gasteiger charge is 2.48. The first-order valence-electron chi connectivity index (χ1n) is 10.1. The van der Waals surface area contributed by atoms with Crippen molar-refractivity contribution in [1.29, 1.82) is 0 Å². The van der Waals surface area contributed by atoms with E-state index in [0.29, 0.717) is 12.2 Å². The predicted octanol–water partition coefficient (Wildman–Crippen LogP) is 1.74. The molecule has 1 saturated heterocycles. The highest BCUT2D eigenvalue weighted by atomic mass is 16.5. The lowest BCUT2D eigenvalue weighted by Gasteiger charge is -2.35. The molecule has 0 radical (unpaired) electrons. The van der Waals surface area contributed by atoms with E-state index < -0.39 is 30.1 Å². The lowest BCUT2D eigenvalue weighted by Crippen LogP contribution is -2.56. The van der Waals surface area contributed by atoms with E-state index in [9.17, 15) is 24.6 Å². The Morgan fingerprint density at radius 1 is 1.17 bits per heavy atom. The van der Waals surface area contributed by atoms with Crippen LogP contribution in [0.4, 0.5) is 0 Å². The molecule has 1 aromatic carbocycles. The molecule has 2 fully saturated rings. The SMILES string of the molecule is C[C@H](NC(COc1ccccc1)C(=O)O)C(=O)N1C2CCCCC2C[C@H]1C(=O)O. The van der Waals surface area contributed by atoms with Gasteiger partial charge in [0.2, 0.25) is 5.91 Å². The third-order valence-electron chi connectivity index (χ3n) is 5.91. The highest BCUT2D eigenvalue weighted by molar-refractivity contribution is 5.88. The van der Waals surface area contributed by atoms with E-state index in [0.717, 1.165) is 25.7 Å². The summed E-state index contributed by atoms with van der Waals surface area (Å²) in [6.07, 6.45) is 4.23. The third kappa shape index (κ3) is 4.87. The summed E-state index contributed by atoms with van der Waals surface area (Å²) in [7, 11) is 0. The first-order valence-corrected chi connectivity index (χ1v) is 10.1. The van der Waals surface area contributed by atoms with Crippen LogP contribution in [0.25, 0.3) is 0 Å². The Bertz CT molecular complexity index is 740. The van der Waals surface area contributed by atoms with Gasteiger partial charge in [-0.05, 0) is 44.2 Å². The van der Waals surface area contributed by atoms with Gasteiger partial charge in [-0.1, -0.05) is 31.0 Å². The first kappa shape index (κ1) is 21.1. The molecule has 1 heterocycles. The number of hydrogen-bond acceptors (Lipinski definition) is 5. The third-order valence-corrected chi connectivity index (χ3v) is 5.91. The molecule has 0 aromatic heterocycles. The maximum atomic E-state index is 13.1. The Morgan fingerprint density at radius 2 is 1.86 bits per heavy atom. The topological polar surface area (TPSA) is 116 Å². The molecule has 5 atom stereocenters. The van der Waals surface area contributed by atoms with Gasteiger partial charge in [0.05, 0.1) is 6.04 Å². The second-order valence-corrected chi connectivity index (χ2v) is 7.85. The zero-order valence-electron chi connectivity index (χ0n) is 16.5. The maximum absolute atomic E-state index is 13.1. The van der Waals surface area contributed by atoms with E-state index in [1.807, 2.05) is 6.07 Å². The van der Waals surface area contributed by atoms with Crippen molar-refractivity contribution >= 4 is 17.8 Å². The summed E-state index contributed by atoms with van der Waals surface area (Å²) < 4.78 is 5.52. The zero-order chi connectivity index (χ0) is 21.0. The monoisotopic (exact) mass is 404 g/mol. The van der Waals surface area contributed by atoms with Crippen molar-refractivity contribution in [3.63, 3.8) is 0 Å². The molecule has 1 aromatic rings. The number of aliphatic carboxylic acids is 2. The number of carbonyl (C=O) groups excluding carboxylic acids is 1. The lowest BCUT2D eigenvalue weighted by atomic mass is 9.84. The number of nitrogens with zero attached hydrogens (tertiary/aromatic N) is 1. The summed E-state index contributed by atoms with van der Waals surface area (Å²) in [4.78, 5) is 38.0. The average Bonchev–Trinajstić information content (AvgIpc) is 3.10. The van der Waals surface area contributed by atoms with Crippen LogP contribution in [0.15, 0.2) is 30.3 Å². The Morgan fingerprint density at radius 3 is 2.52 bits per heavy atom. The molecule has 2 aliphatic rings. The van der Waals surface area contributed by atoms with Gasteiger partial charge in [-0.3, -0.25) is 14.9 Å². The quantitative estimate of drug-likeness (QED) is 0.604. The van der Waals surface area contributed by atoms with Crippen molar-refractivity contribution in [2.24, 2.45) is 5.92 Å². The largest absolute Gasteiger partial charge is 0.491 e. The van der Waals surface area contributed by atoms with Crippen molar-refractivity contribution < 1.29 is 29.3 Å². The van der Waals surface area contributed by atoms with Gasteiger partial charge in [0.25, 0.3) is 0 Å². The summed E-state index contributed by atoms with van der Waals surface area (Å²) in [6.45, 7) is 1.43. The summed E-state index contributed by atoms with van der Waals surface area (Å²) in [5.41, 5.74) is 0. The summed E-state index contributed by atoms with van der Waals surface area (Å²) >= 11 is 0. The molecule has 0 bridgehead atoms. The molecular weight excluding hydrogens is 376 g/mol. The van der Waals surface area contributed by atoms with Gasteiger partial charge in [-0.15, -0.1) is 0 Å². The van der Waals surface area contributed by atoms with E-state index in [2.05, 4.69) is 5.32 Å². The minimum atomic E-state index is -1.13. The second-order valence-electron chi connectivity index (χ2n) is 7.85. The Balaban J connectivity index is 1.66. The molecule has 1 saturated carbocycles. The zero-order valence-corrected chi connectivity index (χ0v) is 16.5. The summed E-state index contributed by atoms with van der Waals surface area (Å²) in [5.74, 6) is -1.75. The van der Waals surface area contributed by atoms with E-state index in [-0.39, 0.29) is 24.5 Å². The average molecular weight is 404 g/mol. The number of fused-ring (bicyclic) bond motifs is 1. The van der Waals surface area contributed by atoms with Gasteiger partial charge >= 0.3 is 11.9 Å². The number of carboxylic acids is 2. The van der Waals surface area contributed by atoms with E-state index in [4.69, 9.17) is 4.74 Å². The number of hydrogen-bond donors (Lipinski definition) is 3. The standard InChI is InChI=1S/C21H28N2O6/c1-13(22-16(20(25)26)12-29-15-8-3-2-4-9-15)19(24)23-17-10-6-5-7-14(17)11-18(23)21(27)28/h2-4,8-9,13-14,16-18,22H,5-7,10-12H2,1H3,(H,25,26)(H,27,28)/t13-,14?,16?,17?,18-/m0/s1. The number of nitrogens with one attached hydrogen (secondary N) is 1. The van der Waals surface area contributed by atoms with Crippen molar-refractivity contribution in [3.8, 4) is 5.75 Å². The normalized spacial score (nSPS) is 25.7. The summed E-state index contributed by atoms with van der Waals surface area (Å²) in [5, 5.41) is 21.9. The minimum Gasteiger partial charge on any atom is -0.491 e. The van der Waals surface area contributed by atoms with Crippen molar-refractivity contribution in [2.75, 3.05) is 6.61 Å². The van der Waals surface area contributed by atoms with Crippen molar-refractivity contribution in [1.82, 2.24) is 10.2 Å². The fourth-order valence-electron chi connectivity index (χ4n) is 4.48. The molecule has 8 heteroatoms. The van der Waals surface area contributed by atoms with Crippen molar-refractivity contribution in [3.05, 3.63) is 30.3 Å². The number of carboxylic acid groups (broad SMARTS) is 2. The fourth-order valence-corrected chi connectivity index (χ4v) is 4.48. The number of likely N-dealkylation sites (tertiary alicyclic amines) is 1. The number of para-hydroxylation sites is 1. The van der Waals surface area contributed by atoms with Crippen LogP contribution in [-0.2, 0) is 14.4 Å². The van der Waals surface area contributed by atoms with Crippen LogP contribution in [0.1, 0.15) is 39.0 Å². The first-order chi connectivity index (χ1) is 13.9. The molecule has 158 valence electrons. The molecule has 0 spiro atoms. The van der Waals surface area contributed by atoms with Gasteiger partial charge in [-0.2, -0.15) is 0 Å². The number of rotatable bonds is 8. The number of benzene rings is 1. The van der Waals surface area contributed by atoms with Gasteiger partial charge in [0, 0.05) is 6.04 Å². The van der Waals surface area contributed by atoms with E-state index in [1.165, 1.54) is 4.90 Å². The van der Waals surface area contributed by atoms with Crippen LogP contribution >= 0.6 is 0 Å². The van der Waals surface area contributed by atoms with Gasteiger partial charge in [0.15, 0.2) is 0 Å². The van der Waals surface area contributed by atoms with Gasteiger partial charge < -0.3 is 19.8 Å². The van der Waals surface area contributed by atoms with Crippen LogP contribution in [0.5, 0.6) is 5.75 Å². The molecule has 1 aliphatic carbocycles. The molecule has 3 rings (SSSR count). The van der Waals surface area contributed by atoms with Gasteiger partial charge in [0.1, 0.15) is 24.4 Å². The summed E-state index contributed by atoms with van der Waals surface area (Å²) in [6, 6.07) is 5.98. The Hall–Kier alpha value is -2.61. The van der Waals surface area contributed by atoms with Crippen molar-refractivity contribution in [2.45, 2.75) is 63.2 Å². The Labute approximate surface area is 169 Å². The van der Waals surface area contributed by atoms with Crippen LogP contribution in [0.2, 0.25) is 0 Å². The highest BCUT2D eigenvalue weighted by Crippen LogP contribution is 2.40. The minimum absolute atomic E-state index is 0.0783. The van der Waals surface area contributed by atoms with Crippen LogP contribution in [0.3, 0.4) is 0 Å². The molecule has 29 heavy (non-hydrogen) atoms. The van der Waals surface area contributed by atoms with Crippen LogP contribution in [-0.4, -0.2) is 63.7 Å². The maximum Gasteiger partial charge on any atom is 0.326 e. The smallest absolute Gasteiger partial charge is 0.326 e. The molecule has 1 aliphatic heterocycles. The van der Waals surface area contributed by atoms with Crippen LogP contribution in [0, 0.1) is 5.92 Å². The Kier molecular flexibility index (Phi) is 6.74. The number of amides is 1. The second kappa shape index (κ2) is 9.26. The molecule has 3 N–H and O–H groups in total. The van der Waals surface area contributed by atoms with Gasteiger partial charge in [-0.25, -0.2) is 4.79 Å². The number of carbonyl (C=O) groups is 3. The van der Waals surface area contributed by atoms with E-state index in [1.54, 1.807) is 31.2 Å². The lowest BCUT2D eigenvalue weighted by molar-refractivity contribution is -0.151. The van der Waals surface area contributed by atoms with E-state index >= 15 is 0 Å². The molecular formula is C21H28N2O6. The number of ether oxygens (including phenoxy) is 1. The molecule has 3 unspecified atom stereocenters. The molecule has 1 amide bonds. The fraction of sp³-hybridized carbons (Fsp3) is 0.571. The predicted molar refractivity (Wildman–Crippen MR) is 105 cm³/mol.